The third-order valence-corrected chi connectivity index (χ3v) is 3.11. The SMILES string of the molecule is COc1cc(/C=C(\C#N)c2ccccn2)cc(Cl)c1OC. The smallest absolute Gasteiger partial charge is 0.179 e. The fourth-order valence-corrected chi connectivity index (χ4v) is 2.17. The van der Waals surface area contributed by atoms with Crippen LogP contribution >= 0.6 is 11.6 Å². The largest absolute Gasteiger partial charge is 0.493 e. The lowest BCUT2D eigenvalue weighted by molar-refractivity contribution is 0.355. The highest BCUT2D eigenvalue weighted by Crippen LogP contribution is 2.36. The van der Waals surface area contributed by atoms with Crippen molar-refractivity contribution in [3.63, 3.8) is 0 Å². The third-order valence-electron chi connectivity index (χ3n) is 2.83. The van der Waals surface area contributed by atoms with Crippen LogP contribution in [0.25, 0.3) is 11.6 Å². The summed E-state index contributed by atoms with van der Waals surface area (Å²) < 4.78 is 10.4. The molecule has 1 heterocycles. The molecule has 0 spiro atoms. The van der Waals surface area contributed by atoms with E-state index in [-0.39, 0.29) is 0 Å². The predicted octanol–water partition coefficient (Wildman–Crippen LogP) is 3.82. The molecule has 5 heteroatoms. The second kappa shape index (κ2) is 6.78. The number of pyridine rings is 1. The molecule has 1 aromatic heterocycles. The maximum Gasteiger partial charge on any atom is 0.179 e. The van der Waals surface area contributed by atoms with Crippen LogP contribution < -0.4 is 9.47 Å². The molecule has 0 N–H and O–H groups in total. The van der Waals surface area contributed by atoms with Crippen LogP contribution in [0, 0.1) is 11.3 Å². The summed E-state index contributed by atoms with van der Waals surface area (Å²) in [6.07, 6.45) is 3.35. The molecule has 0 aliphatic carbocycles. The highest BCUT2D eigenvalue weighted by Gasteiger charge is 2.11. The summed E-state index contributed by atoms with van der Waals surface area (Å²) in [5.41, 5.74) is 1.78. The van der Waals surface area contributed by atoms with Gasteiger partial charge in [-0.1, -0.05) is 17.7 Å². The first-order valence-corrected chi connectivity index (χ1v) is 6.52. The molecule has 21 heavy (non-hydrogen) atoms. The van der Waals surface area contributed by atoms with Crippen LogP contribution in [0.5, 0.6) is 11.5 Å². The highest BCUT2D eigenvalue weighted by atomic mass is 35.5. The lowest BCUT2D eigenvalue weighted by Gasteiger charge is -2.10. The number of nitrogens with zero attached hydrogens (tertiary/aromatic N) is 2. The van der Waals surface area contributed by atoms with Gasteiger partial charge < -0.3 is 9.47 Å². The zero-order chi connectivity index (χ0) is 15.2. The Hall–Kier alpha value is -2.51. The van der Waals surface area contributed by atoms with Crippen molar-refractivity contribution in [1.82, 2.24) is 4.98 Å². The lowest BCUT2D eigenvalue weighted by Crippen LogP contribution is -1.92. The van der Waals surface area contributed by atoms with Crippen molar-refractivity contribution < 1.29 is 9.47 Å². The van der Waals surface area contributed by atoms with Gasteiger partial charge in [0.15, 0.2) is 11.5 Å². The van der Waals surface area contributed by atoms with E-state index >= 15 is 0 Å². The number of hydrogen-bond acceptors (Lipinski definition) is 4. The first-order valence-electron chi connectivity index (χ1n) is 6.14. The molecule has 0 aliphatic rings. The molecule has 0 amide bonds. The van der Waals surface area contributed by atoms with E-state index in [4.69, 9.17) is 21.1 Å². The molecule has 0 atom stereocenters. The van der Waals surface area contributed by atoms with Gasteiger partial charge >= 0.3 is 0 Å². The topological polar surface area (TPSA) is 55.1 Å². The molecule has 2 aromatic rings. The highest BCUT2D eigenvalue weighted by molar-refractivity contribution is 6.32. The monoisotopic (exact) mass is 300 g/mol. The number of benzene rings is 1. The Labute approximate surface area is 128 Å². The maximum atomic E-state index is 9.29. The molecular weight excluding hydrogens is 288 g/mol. The first kappa shape index (κ1) is 14.9. The fraction of sp³-hybridized carbons (Fsp3) is 0.125. The zero-order valence-corrected chi connectivity index (χ0v) is 12.4. The number of aromatic nitrogens is 1. The lowest BCUT2D eigenvalue weighted by atomic mass is 10.1. The average molecular weight is 301 g/mol. The number of rotatable bonds is 4. The van der Waals surface area contributed by atoms with E-state index in [0.29, 0.717) is 27.8 Å². The molecule has 0 unspecified atom stereocenters. The van der Waals surface area contributed by atoms with Gasteiger partial charge in [0.2, 0.25) is 0 Å². The second-order valence-corrected chi connectivity index (χ2v) is 4.53. The molecule has 0 saturated carbocycles. The Morgan fingerprint density at radius 3 is 2.67 bits per heavy atom. The molecule has 4 nitrogen and oxygen atoms in total. The van der Waals surface area contributed by atoms with Crippen LogP contribution in [0.1, 0.15) is 11.3 Å². The van der Waals surface area contributed by atoms with E-state index in [0.717, 1.165) is 5.56 Å². The summed E-state index contributed by atoms with van der Waals surface area (Å²) in [7, 11) is 3.06. The third kappa shape index (κ3) is 3.33. The molecular formula is C16H13ClN2O2. The van der Waals surface area contributed by atoms with E-state index in [1.165, 1.54) is 14.2 Å². The fourth-order valence-electron chi connectivity index (χ4n) is 1.87. The molecule has 106 valence electrons. The Kier molecular flexibility index (Phi) is 4.81. The second-order valence-electron chi connectivity index (χ2n) is 4.12. The van der Waals surface area contributed by atoms with Crippen molar-refractivity contribution >= 4 is 23.3 Å². The number of hydrogen-bond donors (Lipinski definition) is 0. The summed E-state index contributed by atoms with van der Waals surface area (Å²) >= 11 is 6.15. The van der Waals surface area contributed by atoms with Crippen LogP contribution in [-0.2, 0) is 0 Å². The molecule has 0 saturated heterocycles. The van der Waals surface area contributed by atoms with Gasteiger partial charge in [0, 0.05) is 6.20 Å². The minimum Gasteiger partial charge on any atom is -0.493 e. The van der Waals surface area contributed by atoms with E-state index in [2.05, 4.69) is 11.1 Å². The van der Waals surface area contributed by atoms with Gasteiger partial charge in [-0.25, -0.2) is 0 Å². The standard InChI is InChI=1S/C16H13ClN2O2/c1-20-15-9-11(8-13(17)16(15)21-2)7-12(10-18)14-5-3-4-6-19-14/h3-9H,1-2H3/b12-7+. The summed E-state index contributed by atoms with van der Waals surface area (Å²) in [4.78, 5) is 4.17. The van der Waals surface area contributed by atoms with Gasteiger partial charge in [0.05, 0.1) is 30.5 Å². The van der Waals surface area contributed by atoms with E-state index < -0.39 is 0 Å². The van der Waals surface area contributed by atoms with Crippen LogP contribution in [0.2, 0.25) is 5.02 Å². The molecule has 0 bridgehead atoms. The van der Waals surface area contributed by atoms with Crippen LogP contribution in [0.15, 0.2) is 36.5 Å². The summed E-state index contributed by atoms with van der Waals surface area (Å²) in [6.45, 7) is 0. The Bertz CT molecular complexity index is 706. The number of nitriles is 1. The zero-order valence-electron chi connectivity index (χ0n) is 11.6. The van der Waals surface area contributed by atoms with Gasteiger partial charge in [0.25, 0.3) is 0 Å². The first-order chi connectivity index (χ1) is 10.2. The van der Waals surface area contributed by atoms with Crippen molar-refractivity contribution in [2.75, 3.05) is 14.2 Å². The van der Waals surface area contributed by atoms with Crippen LogP contribution in [0.3, 0.4) is 0 Å². The quantitative estimate of drug-likeness (QED) is 0.806. The van der Waals surface area contributed by atoms with E-state index in [1.807, 2.05) is 6.07 Å². The van der Waals surface area contributed by atoms with Crippen LogP contribution in [-0.4, -0.2) is 19.2 Å². The minimum atomic E-state index is 0.418. The Morgan fingerprint density at radius 1 is 1.29 bits per heavy atom. The van der Waals surface area contributed by atoms with Crippen LogP contribution in [0.4, 0.5) is 0 Å². The number of allylic oxidation sites excluding steroid dienone is 1. The number of halogens is 1. The van der Waals surface area contributed by atoms with Crippen molar-refractivity contribution in [3.8, 4) is 17.6 Å². The van der Waals surface area contributed by atoms with Gasteiger partial charge in [-0.2, -0.15) is 5.26 Å². The van der Waals surface area contributed by atoms with Gasteiger partial charge in [0.1, 0.15) is 6.07 Å². The summed E-state index contributed by atoms with van der Waals surface area (Å²) in [5, 5.41) is 9.71. The average Bonchev–Trinajstić information content (AvgIpc) is 2.52. The van der Waals surface area contributed by atoms with Crippen molar-refractivity contribution in [2.45, 2.75) is 0 Å². The Balaban J connectivity index is 2.49. The molecule has 1 aromatic carbocycles. The minimum absolute atomic E-state index is 0.418. The normalized spacial score (nSPS) is 10.9. The molecule has 2 rings (SSSR count). The van der Waals surface area contributed by atoms with Gasteiger partial charge in [-0.3, -0.25) is 4.98 Å². The summed E-state index contributed by atoms with van der Waals surface area (Å²) in [5.74, 6) is 0.974. The van der Waals surface area contributed by atoms with Gasteiger partial charge in [-0.05, 0) is 35.9 Å². The van der Waals surface area contributed by atoms with E-state index in [1.54, 1.807) is 36.5 Å². The maximum absolute atomic E-state index is 9.29. The predicted molar refractivity (Wildman–Crippen MR) is 82.3 cm³/mol. The van der Waals surface area contributed by atoms with Gasteiger partial charge in [-0.15, -0.1) is 0 Å². The molecule has 0 radical (unpaired) electrons. The van der Waals surface area contributed by atoms with Crippen molar-refractivity contribution in [3.05, 3.63) is 52.8 Å². The summed E-state index contributed by atoms with van der Waals surface area (Å²) in [6, 6.07) is 11.0. The Morgan fingerprint density at radius 2 is 2.10 bits per heavy atom. The van der Waals surface area contributed by atoms with Crippen molar-refractivity contribution in [1.29, 1.82) is 5.26 Å². The number of ether oxygens (including phenoxy) is 2. The van der Waals surface area contributed by atoms with Crippen molar-refractivity contribution in [2.24, 2.45) is 0 Å². The van der Waals surface area contributed by atoms with E-state index in [9.17, 15) is 5.26 Å². The molecule has 0 aliphatic heterocycles. The molecule has 0 fully saturated rings. The number of methoxy groups -OCH3 is 2.